The first-order valence-electron chi connectivity index (χ1n) is 6.50. The highest BCUT2D eigenvalue weighted by atomic mass is 32.1. The largest absolute Gasteiger partial charge is 0.335 e. The van der Waals surface area contributed by atoms with E-state index in [4.69, 9.17) is 0 Å². The standard InChI is InChI=1S/C17H11NS/c1-2-7-15-11(4-1)13-5-3-6-14-12-8-9-19-16(12)10-18(15)17(13)14/h1-9H,10H2. The van der Waals surface area contributed by atoms with Crippen molar-refractivity contribution in [1.82, 2.24) is 4.57 Å². The number of hydrogen-bond acceptors (Lipinski definition) is 1. The van der Waals surface area contributed by atoms with Crippen LogP contribution in [0.3, 0.4) is 0 Å². The van der Waals surface area contributed by atoms with Gasteiger partial charge in [0.15, 0.2) is 0 Å². The highest BCUT2D eigenvalue weighted by molar-refractivity contribution is 7.10. The Labute approximate surface area is 114 Å². The average Bonchev–Trinajstić information content (AvgIpc) is 3.05. The molecule has 0 saturated carbocycles. The Balaban J connectivity index is 2.10. The van der Waals surface area contributed by atoms with Gasteiger partial charge >= 0.3 is 0 Å². The molecule has 0 N–H and O–H groups in total. The lowest BCUT2D eigenvalue weighted by atomic mass is 10.0. The number of hydrogen-bond donors (Lipinski definition) is 0. The summed E-state index contributed by atoms with van der Waals surface area (Å²) < 4.78 is 2.47. The summed E-state index contributed by atoms with van der Waals surface area (Å²) in [6.45, 7) is 1.01. The van der Waals surface area contributed by atoms with Gasteiger partial charge in [-0.1, -0.05) is 36.4 Å². The Morgan fingerprint density at radius 3 is 2.74 bits per heavy atom. The molecular weight excluding hydrogens is 250 g/mol. The van der Waals surface area contributed by atoms with Gasteiger partial charge in [-0.15, -0.1) is 11.3 Å². The Morgan fingerprint density at radius 2 is 1.74 bits per heavy atom. The van der Waals surface area contributed by atoms with E-state index in [1.807, 2.05) is 11.3 Å². The second kappa shape index (κ2) is 3.28. The summed E-state index contributed by atoms with van der Waals surface area (Å²) in [5.41, 5.74) is 5.56. The van der Waals surface area contributed by atoms with Crippen LogP contribution in [0.15, 0.2) is 53.9 Å². The molecular formula is C17H11NS. The molecule has 0 spiro atoms. The predicted molar refractivity (Wildman–Crippen MR) is 81.9 cm³/mol. The first-order chi connectivity index (χ1) is 9.43. The van der Waals surface area contributed by atoms with Crippen LogP contribution >= 0.6 is 11.3 Å². The van der Waals surface area contributed by atoms with Crippen molar-refractivity contribution >= 4 is 33.1 Å². The highest BCUT2D eigenvalue weighted by Crippen LogP contribution is 2.42. The van der Waals surface area contributed by atoms with E-state index in [-0.39, 0.29) is 0 Å². The molecule has 1 nitrogen and oxygen atoms in total. The lowest BCUT2D eigenvalue weighted by Crippen LogP contribution is -2.04. The molecule has 1 aliphatic heterocycles. The molecule has 0 bridgehead atoms. The van der Waals surface area contributed by atoms with E-state index in [0.717, 1.165) is 6.54 Å². The second-order valence-corrected chi connectivity index (χ2v) is 6.06. The number of fused-ring (bicyclic) bond motifs is 5. The van der Waals surface area contributed by atoms with Gasteiger partial charge in [0.05, 0.1) is 12.1 Å². The smallest absolute Gasteiger partial charge is 0.0581 e. The molecule has 4 aromatic rings. The first-order valence-corrected chi connectivity index (χ1v) is 7.38. The van der Waals surface area contributed by atoms with E-state index in [1.165, 1.54) is 37.8 Å². The lowest BCUT2D eigenvalue weighted by Gasteiger charge is -2.16. The van der Waals surface area contributed by atoms with Gasteiger partial charge < -0.3 is 4.57 Å². The van der Waals surface area contributed by atoms with Gasteiger partial charge in [-0.05, 0) is 23.1 Å². The number of rotatable bonds is 0. The minimum atomic E-state index is 1.01. The van der Waals surface area contributed by atoms with Crippen LogP contribution in [-0.2, 0) is 6.54 Å². The minimum Gasteiger partial charge on any atom is -0.335 e. The fourth-order valence-corrected chi connectivity index (χ4v) is 4.21. The predicted octanol–water partition coefficient (Wildman–Crippen LogP) is 4.88. The Morgan fingerprint density at radius 1 is 0.842 bits per heavy atom. The third-order valence-corrected chi connectivity index (χ3v) is 5.03. The van der Waals surface area contributed by atoms with Crippen LogP contribution in [0, 0.1) is 0 Å². The van der Waals surface area contributed by atoms with Gasteiger partial charge in [-0.3, -0.25) is 0 Å². The van der Waals surface area contributed by atoms with Crippen molar-refractivity contribution in [3.05, 3.63) is 58.8 Å². The molecule has 2 aromatic heterocycles. The van der Waals surface area contributed by atoms with Crippen molar-refractivity contribution in [2.45, 2.75) is 6.54 Å². The summed E-state index contributed by atoms with van der Waals surface area (Å²) in [6, 6.07) is 17.7. The molecule has 90 valence electrons. The molecule has 0 aliphatic carbocycles. The monoisotopic (exact) mass is 261 g/mol. The van der Waals surface area contributed by atoms with Crippen LogP contribution in [0.2, 0.25) is 0 Å². The third-order valence-electron chi connectivity index (χ3n) is 4.13. The number of thiophene rings is 1. The van der Waals surface area contributed by atoms with Gasteiger partial charge in [0.2, 0.25) is 0 Å². The van der Waals surface area contributed by atoms with Crippen LogP contribution < -0.4 is 0 Å². The van der Waals surface area contributed by atoms with Crippen LogP contribution in [0.4, 0.5) is 0 Å². The van der Waals surface area contributed by atoms with Crippen LogP contribution in [-0.4, -0.2) is 4.57 Å². The van der Waals surface area contributed by atoms with Crippen molar-refractivity contribution in [1.29, 1.82) is 0 Å². The quantitative estimate of drug-likeness (QED) is 0.374. The average molecular weight is 261 g/mol. The molecule has 19 heavy (non-hydrogen) atoms. The van der Waals surface area contributed by atoms with E-state index >= 15 is 0 Å². The molecule has 0 saturated heterocycles. The zero-order valence-electron chi connectivity index (χ0n) is 10.3. The highest BCUT2D eigenvalue weighted by Gasteiger charge is 2.21. The van der Waals surface area contributed by atoms with Gasteiger partial charge in [0, 0.05) is 26.7 Å². The van der Waals surface area contributed by atoms with Gasteiger partial charge in [0.1, 0.15) is 0 Å². The second-order valence-electron chi connectivity index (χ2n) is 5.06. The molecule has 0 unspecified atom stereocenters. The summed E-state index contributed by atoms with van der Waals surface area (Å²) in [7, 11) is 0. The van der Waals surface area contributed by atoms with Crippen molar-refractivity contribution in [2.24, 2.45) is 0 Å². The molecule has 2 heteroatoms. The molecule has 1 aliphatic rings. The number of nitrogens with zero attached hydrogens (tertiary/aromatic N) is 1. The Bertz CT molecular complexity index is 942. The summed E-state index contributed by atoms with van der Waals surface area (Å²) in [4.78, 5) is 1.47. The maximum atomic E-state index is 2.47. The molecule has 5 rings (SSSR count). The first kappa shape index (κ1) is 9.82. The Kier molecular flexibility index (Phi) is 1.69. The third kappa shape index (κ3) is 1.11. The summed E-state index contributed by atoms with van der Waals surface area (Å²) in [5, 5.41) is 4.96. The van der Waals surface area contributed by atoms with Crippen molar-refractivity contribution in [3.63, 3.8) is 0 Å². The number of benzene rings is 2. The minimum absolute atomic E-state index is 1.01. The van der Waals surface area contributed by atoms with Crippen molar-refractivity contribution in [3.8, 4) is 11.1 Å². The van der Waals surface area contributed by atoms with Crippen LogP contribution in [0.5, 0.6) is 0 Å². The molecule has 0 radical (unpaired) electrons. The lowest BCUT2D eigenvalue weighted by molar-refractivity contribution is 0.877. The molecule has 0 atom stereocenters. The summed E-state index contributed by atoms with van der Waals surface area (Å²) in [5.74, 6) is 0. The van der Waals surface area contributed by atoms with E-state index in [9.17, 15) is 0 Å². The van der Waals surface area contributed by atoms with Crippen LogP contribution in [0.25, 0.3) is 32.9 Å². The van der Waals surface area contributed by atoms with Gasteiger partial charge in [0.25, 0.3) is 0 Å². The molecule has 0 fully saturated rings. The van der Waals surface area contributed by atoms with Crippen molar-refractivity contribution in [2.75, 3.05) is 0 Å². The SMILES string of the molecule is c1ccc2c(c1)c1cccc3c1n2Cc1sccc1-3. The maximum Gasteiger partial charge on any atom is 0.0581 e. The van der Waals surface area contributed by atoms with E-state index in [0.29, 0.717) is 0 Å². The van der Waals surface area contributed by atoms with Gasteiger partial charge in [-0.2, -0.15) is 0 Å². The van der Waals surface area contributed by atoms with E-state index in [2.05, 4.69) is 58.5 Å². The van der Waals surface area contributed by atoms with Crippen LogP contribution in [0.1, 0.15) is 4.88 Å². The maximum absolute atomic E-state index is 2.47. The van der Waals surface area contributed by atoms with E-state index < -0.39 is 0 Å². The topological polar surface area (TPSA) is 4.93 Å². The van der Waals surface area contributed by atoms with Gasteiger partial charge in [-0.25, -0.2) is 0 Å². The number of para-hydroxylation sites is 2. The molecule has 0 amide bonds. The number of aromatic nitrogens is 1. The van der Waals surface area contributed by atoms with E-state index in [1.54, 1.807) is 0 Å². The van der Waals surface area contributed by atoms with Crippen molar-refractivity contribution < 1.29 is 0 Å². The zero-order valence-corrected chi connectivity index (χ0v) is 11.1. The fourth-order valence-electron chi connectivity index (χ4n) is 3.34. The zero-order chi connectivity index (χ0) is 12.4. The summed E-state index contributed by atoms with van der Waals surface area (Å²) in [6.07, 6.45) is 0. The normalized spacial score (nSPS) is 13.1. The Hall–Kier alpha value is -2.06. The fraction of sp³-hybridized carbons (Fsp3) is 0.0588. The summed E-state index contributed by atoms with van der Waals surface area (Å²) >= 11 is 1.86. The molecule has 2 aromatic carbocycles. The molecule has 3 heterocycles.